The van der Waals surface area contributed by atoms with Gasteiger partial charge in [-0.2, -0.15) is 0 Å². The van der Waals surface area contributed by atoms with Crippen molar-refractivity contribution in [3.05, 3.63) is 21.1 Å². The lowest BCUT2D eigenvalue weighted by Crippen LogP contribution is -2.14. The third-order valence-corrected chi connectivity index (χ3v) is 4.39. The first-order valence-electron chi connectivity index (χ1n) is 5.90. The minimum Gasteiger partial charge on any atom is -0.322 e. The summed E-state index contributed by atoms with van der Waals surface area (Å²) in [6.45, 7) is 3.87. The van der Waals surface area contributed by atoms with Gasteiger partial charge >= 0.3 is 0 Å². The van der Waals surface area contributed by atoms with Gasteiger partial charge in [-0.3, -0.25) is 4.79 Å². The average Bonchev–Trinajstić information content (AvgIpc) is 2.98. The third-order valence-electron chi connectivity index (χ3n) is 2.32. The van der Waals surface area contributed by atoms with Crippen LogP contribution in [-0.4, -0.2) is 21.1 Å². The van der Waals surface area contributed by atoms with E-state index < -0.39 is 0 Å². The maximum Gasteiger partial charge on any atom is 0.232 e. The molecule has 19 heavy (non-hydrogen) atoms. The predicted octanol–water partition coefficient (Wildman–Crippen LogP) is 1.76. The topological polar surface area (TPSA) is 93.8 Å². The van der Waals surface area contributed by atoms with Crippen LogP contribution in [0.2, 0.25) is 0 Å². The van der Waals surface area contributed by atoms with Gasteiger partial charge in [0.15, 0.2) is 0 Å². The van der Waals surface area contributed by atoms with E-state index in [0.29, 0.717) is 5.13 Å². The molecule has 2 aromatic heterocycles. The first-order valence-corrected chi connectivity index (χ1v) is 7.60. The number of amides is 1. The Morgan fingerprint density at radius 1 is 1.53 bits per heavy atom. The smallest absolute Gasteiger partial charge is 0.232 e. The molecule has 0 spiro atoms. The fourth-order valence-corrected chi connectivity index (χ4v) is 2.86. The van der Waals surface area contributed by atoms with Crippen molar-refractivity contribution in [3.63, 3.8) is 0 Å². The standard InChI is InChI=1S/C11H15N5OS2/c1-3-9-15-16-11(19-9)14-8(17)4-7-5-18-10(13-7)6(2)12/h5-6H,3-4,12H2,1-2H3,(H,14,16,17). The molecule has 1 unspecified atom stereocenters. The highest BCUT2D eigenvalue weighted by Crippen LogP contribution is 2.18. The summed E-state index contributed by atoms with van der Waals surface area (Å²) in [6.07, 6.45) is 1.04. The Morgan fingerprint density at radius 2 is 2.32 bits per heavy atom. The van der Waals surface area contributed by atoms with Gasteiger partial charge in [-0.05, 0) is 13.3 Å². The molecule has 1 amide bonds. The highest BCUT2D eigenvalue weighted by atomic mass is 32.1. The Morgan fingerprint density at radius 3 is 2.89 bits per heavy atom. The van der Waals surface area contributed by atoms with Crippen LogP contribution in [0.1, 0.15) is 35.6 Å². The molecule has 2 heterocycles. The summed E-state index contributed by atoms with van der Waals surface area (Å²) in [6, 6.07) is -0.0999. The predicted molar refractivity (Wildman–Crippen MR) is 76.3 cm³/mol. The van der Waals surface area contributed by atoms with Crippen molar-refractivity contribution < 1.29 is 4.79 Å². The zero-order valence-corrected chi connectivity index (χ0v) is 12.3. The average molecular weight is 297 g/mol. The summed E-state index contributed by atoms with van der Waals surface area (Å²) in [5.74, 6) is -0.139. The third kappa shape index (κ3) is 3.79. The Kier molecular flexibility index (Phi) is 4.56. The Balaban J connectivity index is 1.93. The van der Waals surface area contributed by atoms with Gasteiger partial charge in [0, 0.05) is 5.38 Å². The summed E-state index contributed by atoms with van der Waals surface area (Å²) < 4.78 is 0. The molecule has 0 fully saturated rings. The van der Waals surface area contributed by atoms with Crippen molar-refractivity contribution in [2.45, 2.75) is 32.7 Å². The van der Waals surface area contributed by atoms with Crippen LogP contribution in [0.15, 0.2) is 5.38 Å². The van der Waals surface area contributed by atoms with E-state index in [1.807, 2.05) is 19.2 Å². The highest BCUT2D eigenvalue weighted by molar-refractivity contribution is 7.15. The van der Waals surface area contributed by atoms with E-state index >= 15 is 0 Å². The number of nitrogens with one attached hydrogen (secondary N) is 1. The SMILES string of the molecule is CCc1nnc(NC(=O)Cc2csc(C(C)N)n2)s1. The van der Waals surface area contributed by atoms with Gasteiger partial charge in [0.2, 0.25) is 11.0 Å². The van der Waals surface area contributed by atoms with Crippen LogP contribution in [0.4, 0.5) is 5.13 Å². The van der Waals surface area contributed by atoms with E-state index in [2.05, 4.69) is 20.5 Å². The number of hydrogen-bond acceptors (Lipinski definition) is 7. The molecular formula is C11H15N5OS2. The van der Waals surface area contributed by atoms with Crippen molar-refractivity contribution >= 4 is 33.7 Å². The number of carbonyl (C=O) groups excluding carboxylic acids is 1. The van der Waals surface area contributed by atoms with E-state index in [9.17, 15) is 4.79 Å². The van der Waals surface area contributed by atoms with E-state index in [-0.39, 0.29) is 18.4 Å². The van der Waals surface area contributed by atoms with Crippen LogP contribution in [0, 0.1) is 0 Å². The number of rotatable bonds is 5. The highest BCUT2D eigenvalue weighted by Gasteiger charge is 2.11. The lowest BCUT2D eigenvalue weighted by Gasteiger charge is -1.99. The molecule has 0 aliphatic carbocycles. The van der Waals surface area contributed by atoms with Crippen LogP contribution >= 0.6 is 22.7 Å². The Labute approximate surface area is 119 Å². The molecule has 0 aliphatic rings. The molecule has 0 radical (unpaired) electrons. The number of hydrogen-bond donors (Lipinski definition) is 2. The first kappa shape index (κ1) is 14.0. The second-order valence-electron chi connectivity index (χ2n) is 4.05. The van der Waals surface area contributed by atoms with Gasteiger partial charge in [0.05, 0.1) is 18.2 Å². The van der Waals surface area contributed by atoms with Crippen molar-refractivity contribution in [3.8, 4) is 0 Å². The van der Waals surface area contributed by atoms with Crippen LogP contribution in [0.5, 0.6) is 0 Å². The fourth-order valence-electron chi connectivity index (χ4n) is 1.39. The van der Waals surface area contributed by atoms with E-state index in [4.69, 9.17) is 5.73 Å². The molecule has 0 aliphatic heterocycles. The van der Waals surface area contributed by atoms with Crippen LogP contribution in [-0.2, 0) is 17.6 Å². The van der Waals surface area contributed by atoms with E-state index in [0.717, 1.165) is 22.1 Å². The number of nitrogens with zero attached hydrogens (tertiary/aromatic N) is 3. The summed E-state index contributed by atoms with van der Waals surface area (Å²) in [7, 11) is 0. The minimum atomic E-state index is -0.139. The molecule has 0 aromatic carbocycles. The molecule has 102 valence electrons. The van der Waals surface area contributed by atoms with E-state index in [1.54, 1.807) is 0 Å². The fraction of sp³-hybridized carbons (Fsp3) is 0.455. The summed E-state index contributed by atoms with van der Waals surface area (Å²) in [5.41, 5.74) is 6.46. The monoisotopic (exact) mass is 297 g/mol. The molecule has 3 N–H and O–H groups in total. The molecule has 2 aromatic rings. The quantitative estimate of drug-likeness (QED) is 0.877. The van der Waals surface area contributed by atoms with Gasteiger partial charge in [0.1, 0.15) is 10.0 Å². The normalized spacial score (nSPS) is 12.4. The largest absolute Gasteiger partial charge is 0.322 e. The zero-order chi connectivity index (χ0) is 13.8. The second-order valence-corrected chi connectivity index (χ2v) is 6.00. The Bertz CT molecular complexity index is 563. The van der Waals surface area contributed by atoms with Gasteiger partial charge in [-0.25, -0.2) is 4.98 Å². The molecular weight excluding hydrogens is 282 g/mol. The van der Waals surface area contributed by atoms with Crippen LogP contribution in [0.25, 0.3) is 0 Å². The minimum absolute atomic E-state index is 0.0999. The van der Waals surface area contributed by atoms with Gasteiger partial charge in [0.25, 0.3) is 0 Å². The number of thiazole rings is 1. The number of aryl methyl sites for hydroxylation is 1. The van der Waals surface area contributed by atoms with Crippen LogP contribution < -0.4 is 11.1 Å². The van der Waals surface area contributed by atoms with Gasteiger partial charge in [-0.1, -0.05) is 18.3 Å². The zero-order valence-electron chi connectivity index (χ0n) is 10.7. The van der Waals surface area contributed by atoms with Crippen molar-refractivity contribution in [2.75, 3.05) is 5.32 Å². The molecule has 2 rings (SSSR count). The molecule has 0 saturated carbocycles. The van der Waals surface area contributed by atoms with Gasteiger partial charge in [-0.15, -0.1) is 21.5 Å². The molecule has 0 bridgehead atoms. The Hall–Kier alpha value is -1.38. The maximum absolute atomic E-state index is 11.8. The number of nitrogens with two attached hydrogens (primary N) is 1. The number of aromatic nitrogens is 3. The summed E-state index contributed by atoms with van der Waals surface area (Å²) >= 11 is 2.86. The van der Waals surface area contributed by atoms with Crippen LogP contribution in [0.3, 0.4) is 0 Å². The second kappa shape index (κ2) is 6.18. The number of anilines is 1. The van der Waals surface area contributed by atoms with E-state index in [1.165, 1.54) is 22.7 Å². The van der Waals surface area contributed by atoms with Crippen molar-refractivity contribution in [1.82, 2.24) is 15.2 Å². The van der Waals surface area contributed by atoms with Crippen molar-refractivity contribution in [1.29, 1.82) is 0 Å². The summed E-state index contributed by atoms with van der Waals surface area (Å²) in [5, 5.41) is 14.7. The van der Waals surface area contributed by atoms with Gasteiger partial charge < -0.3 is 11.1 Å². The van der Waals surface area contributed by atoms with Crippen molar-refractivity contribution in [2.24, 2.45) is 5.73 Å². The molecule has 0 saturated heterocycles. The summed E-state index contributed by atoms with van der Waals surface area (Å²) in [4.78, 5) is 16.1. The molecule has 6 nitrogen and oxygen atoms in total. The first-order chi connectivity index (χ1) is 9.08. The number of carbonyl (C=O) groups is 1. The molecule has 8 heteroatoms. The molecule has 1 atom stereocenters. The lowest BCUT2D eigenvalue weighted by atomic mass is 10.3. The lowest BCUT2D eigenvalue weighted by molar-refractivity contribution is -0.115. The maximum atomic E-state index is 11.8.